The summed E-state index contributed by atoms with van der Waals surface area (Å²) in [5.41, 5.74) is -1.44. The monoisotopic (exact) mass is 464 g/mol. The predicted molar refractivity (Wildman–Crippen MR) is 125 cm³/mol. The molecule has 7 atom stereocenters. The summed E-state index contributed by atoms with van der Waals surface area (Å²) in [4.78, 5) is 13.3. The van der Waals surface area contributed by atoms with Gasteiger partial charge in [0.05, 0.1) is 18.6 Å². The first-order chi connectivity index (χ1) is 16.0. The molecule has 3 bridgehead atoms. The second kappa shape index (κ2) is 6.77. The van der Waals surface area contributed by atoms with E-state index < -0.39 is 34.3 Å². The molecule has 1 aromatic rings. The molecule has 34 heavy (non-hydrogen) atoms. The Kier molecular flexibility index (Phi) is 4.46. The third kappa shape index (κ3) is 2.56. The zero-order valence-electron chi connectivity index (χ0n) is 20.0. The first-order valence-corrected chi connectivity index (χ1v) is 12.1. The van der Waals surface area contributed by atoms with Gasteiger partial charge in [-0.3, -0.25) is 4.79 Å². The summed E-state index contributed by atoms with van der Waals surface area (Å²) in [6.45, 7) is 9.83. The van der Waals surface area contributed by atoms with Crippen LogP contribution in [0.25, 0.3) is 0 Å². The zero-order chi connectivity index (χ0) is 24.1. The van der Waals surface area contributed by atoms with Gasteiger partial charge in [-0.1, -0.05) is 49.9 Å². The highest BCUT2D eigenvalue weighted by atomic mass is 16.9. The fourth-order valence-corrected chi connectivity index (χ4v) is 7.61. The quantitative estimate of drug-likeness (QED) is 0.665. The topological polar surface area (TPSA) is 85.2 Å². The number of aliphatic hydroxyl groups excluding tert-OH is 1. The lowest BCUT2D eigenvalue weighted by Crippen LogP contribution is -2.70. The second-order valence-electron chi connectivity index (χ2n) is 11.1. The molecule has 1 spiro atoms. The molecule has 180 valence electrons. The van der Waals surface area contributed by atoms with Crippen LogP contribution in [-0.2, 0) is 25.4 Å². The van der Waals surface area contributed by atoms with Crippen LogP contribution in [0.2, 0.25) is 0 Å². The summed E-state index contributed by atoms with van der Waals surface area (Å²) in [6, 6.07) is 9.90. The van der Waals surface area contributed by atoms with Crippen LogP contribution in [0.1, 0.15) is 45.6 Å². The van der Waals surface area contributed by atoms with Crippen molar-refractivity contribution in [1.82, 2.24) is 0 Å². The van der Waals surface area contributed by atoms with Crippen molar-refractivity contribution < 1.29 is 29.2 Å². The largest absolute Gasteiger partial charge is 0.392 e. The zero-order valence-corrected chi connectivity index (χ0v) is 20.0. The Morgan fingerprint density at radius 2 is 1.94 bits per heavy atom. The van der Waals surface area contributed by atoms with Gasteiger partial charge in [-0.15, -0.1) is 0 Å². The molecular formula is C28H32O6. The number of benzene rings is 1. The highest BCUT2D eigenvalue weighted by molar-refractivity contribution is 6.05. The van der Waals surface area contributed by atoms with Gasteiger partial charge < -0.3 is 24.4 Å². The van der Waals surface area contributed by atoms with E-state index in [1.807, 2.05) is 49.4 Å². The van der Waals surface area contributed by atoms with Gasteiger partial charge in [0.2, 0.25) is 0 Å². The van der Waals surface area contributed by atoms with Gasteiger partial charge in [0.1, 0.15) is 16.8 Å². The van der Waals surface area contributed by atoms with Crippen LogP contribution >= 0.6 is 0 Å². The lowest BCUT2D eigenvalue weighted by Gasteiger charge is -2.58. The number of hydrogen-bond donors (Lipinski definition) is 2. The molecule has 1 aromatic carbocycles. The van der Waals surface area contributed by atoms with Crippen LogP contribution in [0.4, 0.5) is 0 Å². The summed E-state index contributed by atoms with van der Waals surface area (Å²) in [5, 5.41) is 22.2. The first-order valence-electron chi connectivity index (χ1n) is 12.1. The minimum absolute atomic E-state index is 0.0520. The van der Waals surface area contributed by atoms with Crippen LogP contribution in [0.3, 0.4) is 0 Å². The molecular weight excluding hydrogens is 432 g/mol. The fraction of sp³-hybridized carbons (Fsp3) is 0.536. The highest BCUT2D eigenvalue weighted by Gasteiger charge is 2.82. The van der Waals surface area contributed by atoms with Crippen molar-refractivity contribution in [2.75, 3.05) is 6.61 Å². The number of ketones is 1. The standard InChI is InChI=1S/C28H32O6/c1-17(2)24-11-19(4)28-22-10-18(3)23(30)26(22,31)13-21(15-29)12-25(28,16-24)33-27(32-24,34-28)14-20-8-6-5-7-9-20/h5-10,12,19,22,29,31H,1,11,13-16H2,2-4H3/t19-,22-,24+,25+,26-,27+,28+/m1/s1. The Morgan fingerprint density at radius 3 is 2.62 bits per heavy atom. The molecule has 2 aliphatic heterocycles. The van der Waals surface area contributed by atoms with Crippen molar-refractivity contribution in [1.29, 1.82) is 0 Å². The smallest absolute Gasteiger partial charge is 0.289 e. The van der Waals surface area contributed by atoms with E-state index in [4.69, 9.17) is 14.2 Å². The van der Waals surface area contributed by atoms with Gasteiger partial charge >= 0.3 is 0 Å². The first kappa shape index (κ1) is 22.4. The number of carbonyl (C=O) groups excluding carboxylic acids is 1. The molecule has 6 heteroatoms. The Bertz CT molecular complexity index is 1150. The van der Waals surface area contributed by atoms with E-state index in [9.17, 15) is 15.0 Å². The Morgan fingerprint density at radius 1 is 1.21 bits per heavy atom. The van der Waals surface area contributed by atoms with E-state index in [0.717, 1.165) is 11.1 Å². The van der Waals surface area contributed by atoms with Gasteiger partial charge in [0.25, 0.3) is 5.97 Å². The number of aliphatic hydroxyl groups is 2. The van der Waals surface area contributed by atoms with Crippen molar-refractivity contribution >= 4 is 5.78 Å². The van der Waals surface area contributed by atoms with E-state index in [1.54, 1.807) is 6.92 Å². The van der Waals surface area contributed by atoms with Crippen molar-refractivity contribution in [3.63, 3.8) is 0 Å². The van der Waals surface area contributed by atoms with Crippen LogP contribution in [0, 0.1) is 11.8 Å². The Hall–Kier alpha value is -2.09. The van der Waals surface area contributed by atoms with Crippen LogP contribution < -0.4 is 0 Å². The minimum atomic E-state index is -1.70. The van der Waals surface area contributed by atoms with E-state index in [1.165, 1.54) is 0 Å². The highest BCUT2D eigenvalue weighted by Crippen LogP contribution is 2.71. The maximum atomic E-state index is 13.3. The molecule has 1 saturated carbocycles. The number of ether oxygens (including phenoxy) is 3. The van der Waals surface area contributed by atoms with Gasteiger partial charge in [-0.25, -0.2) is 0 Å². The van der Waals surface area contributed by atoms with Crippen LogP contribution in [0.5, 0.6) is 0 Å². The van der Waals surface area contributed by atoms with E-state index >= 15 is 0 Å². The summed E-state index contributed by atoms with van der Waals surface area (Å²) in [6.07, 6.45) is 5.29. The van der Waals surface area contributed by atoms with Gasteiger partial charge in [0, 0.05) is 18.8 Å². The average molecular weight is 465 g/mol. The van der Waals surface area contributed by atoms with Crippen LogP contribution in [0.15, 0.2) is 65.8 Å². The predicted octanol–water partition coefficient (Wildman–Crippen LogP) is 3.38. The second-order valence-corrected chi connectivity index (χ2v) is 11.1. The molecule has 0 amide bonds. The number of rotatable bonds is 4. The molecule has 6 rings (SSSR count). The van der Waals surface area contributed by atoms with Crippen molar-refractivity contribution in [3.05, 3.63) is 71.3 Å². The molecule has 6 nitrogen and oxygen atoms in total. The third-order valence-corrected chi connectivity index (χ3v) is 8.91. The number of Topliss-reactive ketones (excluding diaryl/α,β-unsaturated/α-hetero) is 1. The summed E-state index contributed by atoms with van der Waals surface area (Å²) in [7, 11) is 0. The lowest BCUT2D eigenvalue weighted by molar-refractivity contribution is -0.399. The van der Waals surface area contributed by atoms with Gasteiger partial charge in [-0.2, -0.15) is 0 Å². The van der Waals surface area contributed by atoms with Crippen molar-refractivity contribution in [2.24, 2.45) is 11.8 Å². The Labute approximate surface area is 199 Å². The number of fused-ring (bicyclic) bond motifs is 3. The maximum absolute atomic E-state index is 13.3. The minimum Gasteiger partial charge on any atom is -0.392 e. The van der Waals surface area contributed by atoms with Crippen molar-refractivity contribution in [2.45, 2.75) is 74.8 Å². The van der Waals surface area contributed by atoms with Crippen LogP contribution in [-0.4, -0.2) is 51.0 Å². The summed E-state index contributed by atoms with van der Waals surface area (Å²) in [5.74, 6) is -2.48. The average Bonchev–Trinajstić information content (AvgIpc) is 3.05. The van der Waals surface area contributed by atoms with Gasteiger partial charge in [0.15, 0.2) is 5.78 Å². The molecule has 5 aliphatic rings. The van der Waals surface area contributed by atoms with E-state index in [-0.39, 0.29) is 24.7 Å². The van der Waals surface area contributed by atoms with Crippen molar-refractivity contribution in [3.8, 4) is 0 Å². The molecule has 2 heterocycles. The molecule has 2 N–H and O–H groups in total. The molecule has 3 fully saturated rings. The molecule has 2 saturated heterocycles. The Balaban J connectivity index is 1.62. The lowest BCUT2D eigenvalue weighted by atomic mass is 9.54. The molecule has 3 aliphatic carbocycles. The van der Waals surface area contributed by atoms with E-state index in [2.05, 4.69) is 13.5 Å². The third-order valence-electron chi connectivity index (χ3n) is 8.91. The number of carbonyl (C=O) groups is 1. The summed E-state index contributed by atoms with van der Waals surface area (Å²) >= 11 is 0. The normalized spacial score (nSPS) is 46.4. The SMILES string of the molecule is C=C(C)[C@@]12C[C@@H](C)[C@@]34O[C@@](Cc5ccccc5)(O1)O[C@@]3(C=C(CO)C[C@]1(O)C(=O)C(C)=C[C@@H]41)C2. The fourth-order valence-electron chi connectivity index (χ4n) is 7.61. The van der Waals surface area contributed by atoms with E-state index in [0.29, 0.717) is 30.4 Å². The van der Waals surface area contributed by atoms with Gasteiger partial charge in [-0.05, 0) is 54.5 Å². The molecule has 0 aromatic heterocycles. The maximum Gasteiger partial charge on any atom is 0.289 e. The molecule has 0 unspecified atom stereocenters. The number of hydrogen-bond acceptors (Lipinski definition) is 6. The summed E-state index contributed by atoms with van der Waals surface area (Å²) < 4.78 is 20.7. The molecule has 0 radical (unpaired) electrons.